The standard InChI is InChI=1S/C24H23ClN2O3/c1-30-20-8-4-7-17(14-20)22-10-5-13-27(22)24(29)19-11-12-23(28)26(16-19)15-18-6-2-3-9-21(18)25/h2-4,6-9,11-12,14,16,22H,5,10,13,15H2,1H3. The third kappa shape index (κ3) is 4.12. The number of ether oxygens (including phenoxy) is 1. The lowest BCUT2D eigenvalue weighted by molar-refractivity contribution is 0.0734. The fourth-order valence-corrected chi connectivity index (χ4v) is 4.16. The first-order valence-electron chi connectivity index (χ1n) is 9.95. The van der Waals surface area contributed by atoms with Gasteiger partial charge in [0.05, 0.1) is 25.3 Å². The predicted octanol–water partition coefficient (Wildman–Crippen LogP) is 4.54. The van der Waals surface area contributed by atoms with Gasteiger partial charge in [-0.25, -0.2) is 0 Å². The molecule has 0 N–H and O–H groups in total. The van der Waals surface area contributed by atoms with Crippen LogP contribution in [-0.4, -0.2) is 29.0 Å². The van der Waals surface area contributed by atoms with Crippen molar-refractivity contribution in [2.45, 2.75) is 25.4 Å². The average molecular weight is 423 g/mol. The fraction of sp³-hybridized carbons (Fsp3) is 0.250. The first-order valence-corrected chi connectivity index (χ1v) is 10.3. The van der Waals surface area contributed by atoms with Crippen LogP contribution >= 0.6 is 11.6 Å². The molecule has 5 nitrogen and oxygen atoms in total. The van der Waals surface area contributed by atoms with E-state index in [2.05, 4.69) is 0 Å². The Labute approximate surface area is 180 Å². The van der Waals surface area contributed by atoms with Gasteiger partial charge >= 0.3 is 0 Å². The predicted molar refractivity (Wildman–Crippen MR) is 117 cm³/mol. The van der Waals surface area contributed by atoms with Crippen LogP contribution in [0.25, 0.3) is 0 Å². The van der Waals surface area contributed by atoms with Gasteiger partial charge in [-0.1, -0.05) is 41.9 Å². The Morgan fingerprint density at radius 2 is 1.97 bits per heavy atom. The van der Waals surface area contributed by atoms with Crippen molar-refractivity contribution in [2.24, 2.45) is 0 Å². The molecule has 0 radical (unpaired) electrons. The highest BCUT2D eigenvalue weighted by molar-refractivity contribution is 6.31. The van der Waals surface area contributed by atoms with Gasteiger partial charge in [0, 0.05) is 23.8 Å². The van der Waals surface area contributed by atoms with Crippen LogP contribution in [0.2, 0.25) is 5.02 Å². The molecule has 1 unspecified atom stereocenters. The number of halogens is 1. The summed E-state index contributed by atoms with van der Waals surface area (Å²) in [4.78, 5) is 27.6. The maximum atomic E-state index is 13.3. The molecule has 30 heavy (non-hydrogen) atoms. The van der Waals surface area contributed by atoms with E-state index in [-0.39, 0.29) is 17.5 Å². The maximum Gasteiger partial charge on any atom is 0.255 e. The SMILES string of the molecule is COc1cccc(C2CCCN2C(=O)c2ccc(=O)n(Cc3ccccc3Cl)c2)c1. The lowest BCUT2D eigenvalue weighted by Gasteiger charge is -2.25. The van der Waals surface area contributed by atoms with Crippen LogP contribution in [0.15, 0.2) is 71.7 Å². The summed E-state index contributed by atoms with van der Waals surface area (Å²) in [5.41, 5.74) is 2.22. The lowest BCUT2D eigenvalue weighted by atomic mass is 10.0. The van der Waals surface area contributed by atoms with Gasteiger partial charge in [-0.15, -0.1) is 0 Å². The Morgan fingerprint density at radius 1 is 1.13 bits per heavy atom. The second-order valence-corrected chi connectivity index (χ2v) is 7.82. The minimum atomic E-state index is -0.169. The Morgan fingerprint density at radius 3 is 2.77 bits per heavy atom. The normalized spacial score (nSPS) is 15.9. The number of hydrogen-bond donors (Lipinski definition) is 0. The third-order valence-electron chi connectivity index (χ3n) is 5.52. The number of benzene rings is 2. The minimum Gasteiger partial charge on any atom is -0.497 e. The van der Waals surface area contributed by atoms with Crippen molar-refractivity contribution >= 4 is 17.5 Å². The van der Waals surface area contributed by atoms with E-state index in [4.69, 9.17) is 16.3 Å². The van der Waals surface area contributed by atoms with Crippen molar-refractivity contribution in [1.82, 2.24) is 9.47 Å². The van der Waals surface area contributed by atoms with Crippen molar-refractivity contribution in [1.29, 1.82) is 0 Å². The number of likely N-dealkylation sites (tertiary alicyclic amines) is 1. The third-order valence-corrected chi connectivity index (χ3v) is 5.89. The molecule has 0 aliphatic carbocycles. The number of carbonyl (C=O) groups excluding carboxylic acids is 1. The van der Waals surface area contributed by atoms with Crippen LogP contribution in [0, 0.1) is 0 Å². The molecule has 1 saturated heterocycles. The molecule has 1 atom stereocenters. The number of carbonyl (C=O) groups is 1. The zero-order chi connectivity index (χ0) is 21.1. The number of amides is 1. The summed E-state index contributed by atoms with van der Waals surface area (Å²) in [6, 6.07) is 18.3. The van der Waals surface area contributed by atoms with Crippen molar-refractivity contribution in [2.75, 3.05) is 13.7 Å². The monoisotopic (exact) mass is 422 g/mol. The molecular weight excluding hydrogens is 400 g/mol. The second-order valence-electron chi connectivity index (χ2n) is 7.41. The topological polar surface area (TPSA) is 51.5 Å². The summed E-state index contributed by atoms with van der Waals surface area (Å²) in [6.45, 7) is 1.00. The number of methoxy groups -OCH3 is 1. The highest BCUT2D eigenvalue weighted by Gasteiger charge is 2.31. The van der Waals surface area contributed by atoms with Crippen molar-refractivity contribution in [3.8, 4) is 5.75 Å². The Bertz CT molecular complexity index is 1130. The molecule has 154 valence electrons. The molecule has 2 aromatic carbocycles. The van der Waals surface area contributed by atoms with Crippen LogP contribution in [0.5, 0.6) is 5.75 Å². The summed E-state index contributed by atoms with van der Waals surface area (Å²) >= 11 is 6.24. The number of aromatic nitrogens is 1. The van der Waals surface area contributed by atoms with Gasteiger partial charge < -0.3 is 14.2 Å². The summed E-state index contributed by atoms with van der Waals surface area (Å²) in [6.07, 6.45) is 3.47. The first-order chi connectivity index (χ1) is 14.6. The molecule has 1 aliphatic heterocycles. The average Bonchev–Trinajstić information content (AvgIpc) is 3.26. The van der Waals surface area contributed by atoms with Crippen LogP contribution in [0.3, 0.4) is 0 Å². The zero-order valence-corrected chi connectivity index (χ0v) is 17.5. The molecule has 1 aromatic heterocycles. The van der Waals surface area contributed by atoms with Gasteiger partial charge in [0.1, 0.15) is 5.75 Å². The second kappa shape index (κ2) is 8.76. The molecular formula is C24H23ClN2O3. The van der Waals surface area contributed by atoms with E-state index in [0.717, 1.165) is 29.7 Å². The molecule has 0 saturated carbocycles. The molecule has 1 aliphatic rings. The highest BCUT2D eigenvalue weighted by atomic mass is 35.5. The summed E-state index contributed by atoms with van der Waals surface area (Å²) < 4.78 is 6.87. The van der Waals surface area contributed by atoms with Gasteiger partial charge in [0.25, 0.3) is 11.5 Å². The van der Waals surface area contributed by atoms with Gasteiger partial charge in [0.2, 0.25) is 0 Å². The van der Waals surface area contributed by atoms with Crippen molar-refractivity contribution in [3.63, 3.8) is 0 Å². The van der Waals surface area contributed by atoms with Gasteiger partial charge in [-0.2, -0.15) is 0 Å². The molecule has 4 rings (SSSR count). The van der Waals surface area contributed by atoms with Gasteiger partial charge in [-0.3, -0.25) is 9.59 Å². The summed E-state index contributed by atoms with van der Waals surface area (Å²) in [5.74, 6) is 0.702. The van der Waals surface area contributed by atoms with E-state index in [0.29, 0.717) is 23.7 Å². The number of nitrogens with zero attached hydrogens (tertiary/aromatic N) is 2. The zero-order valence-electron chi connectivity index (χ0n) is 16.8. The van der Waals surface area contributed by atoms with E-state index >= 15 is 0 Å². The summed E-state index contributed by atoms with van der Waals surface area (Å²) in [5, 5.41) is 0.596. The smallest absolute Gasteiger partial charge is 0.255 e. The van der Waals surface area contributed by atoms with E-state index in [1.807, 2.05) is 47.4 Å². The van der Waals surface area contributed by atoms with Crippen LogP contribution in [-0.2, 0) is 6.54 Å². The summed E-state index contributed by atoms with van der Waals surface area (Å²) in [7, 11) is 1.64. The number of rotatable bonds is 5. The fourth-order valence-electron chi connectivity index (χ4n) is 3.96. The molecule has 6 heteroatoms. The Hall–Kier alpha value is -3.05. The molecule has 2 heterocycles. The molecule has 3 aromatic rings. The molecule has 0 spiro atoms. The highest BCUT2D eigenvalue weighted by Crippen LogP contribution is 2.34. The quantitative estimate of drug-likeness (QED) is 0.606. The van der Waals surface area contributed by atoms with E-state index in [9.17, 15) is 9.59 Å². The van der Waals surface area contributed by atoms with E-state index in [1.54, 1.807) is 25.4 Å². The molecule has 1 amide bonds. The van der Waals surface area contributed by atoms with Crippen molar-refractivity contribution in [3.05, 3.63) is 98.9 Å². The van der Waals surface area contributed by atoms with Crippen LogP contribution in [0.4, 0.5) is 0 Å². The van der Waals surface area contributed by atoms with Gasteiger partial charge in [0.15, 0.2) is 0 Å². The van der Waals surface area contributed by atoms with Crippen molar-refractivity contribution < 1.29 is 9.53 Å². The largest absolute Gasteiger partial charge is 0.497 e. The number of hydrogen-bond acceptors (Lipinski definition) is 3. The van der Waals surface area contributed by atoms with Gasteiger partial charge in [-0.05, 0) is 48.2 Å². The van der Waals surface area contributed by atoms with Crippen LogP contribution < -0.4 is 10.3 Å². The Kier molecular flexibility index (Phi) is 5.91. The minimum absolute atomic E-state index is 0.00320. The molecule has 1 fully saturated rings. The first kappa shape index (κ1) is 20.2. The lowest BCUT2D eigenvalue weighted by Crippen LogP contribution is -2.32. The molecule has 0 bridgehead atoms. The van der Waals surface area contributed by atoms with Crippen LogP contribution in [0.1, 0.15) is 40.4 Å². The van der Waals surface area contributed by atoms with E-state index < -0.39 is 0 Å². The Balaban J connectivity index is 1.61. The maximum absolute atomic E-state index is 13.3. The van der Waals surface area contributed by atoms with E-state index in [1.165, 1.54) is 10.6 Å². The number of pyridine rings is 1.